The van der Waals surface area contributed by atoms with Crippen LogP contribution < -0.4 is 15.8 Å². The zero-order valence-electron chi connectivity index (χ0n) is 14.7. The summed E-state index contributed by atoms with van der Waals surface area (Å²) in [6, 6.07) is 15.3. The number of unbranched alkanes of at least 4 members (excludes halogenated alkanes) is 3. The Kier molecular flexibility index (Phi) is 9.66. The van der Waals surface area contributed by atoms with Crippen LogP contribution in [0.3, 0.4) is 0 Å². The first-order chi connectivity index (χ1) is 11.7. The van der Waals surface area contributed by atoms with Crippen LogP contribution in [0.4, 0.5) is 5.69 Å². The van der Waals surface area contributed by atoms with Gasteiger partial charge in [-0.1, -0.05) is 37.1 Å². The maximum absolute atomic E-state index is 12.1. The molecule has 0 atom stereocenters. The summed E-state index contributed by atoms with van der Waals surface area (Å²) in [5, 5.41) is 2.95. The van der Waals surface area contributed by atoms with Gasteiger partial charge in [0.1, 0.15) is 5.75 Å². The van der Waals surface area contributed by atoms with Crippen LogP contribution in [-0.2, 0) is 4.79 Å². The van der Waals surface area contributed by atoms with E-state index in [2.05, 4.69) is 5.32 Å². The number of hydrogen-bond donors (Lipinski definition) is 2. The molecule has 2 aromatic carbocycles. The van der Waals surface area contributed by atoms with Crippen molar-refractivity contribution in [2.24, 2.45) is 5.73 Å². The Labute approximate surface area is 156 Å². The lowest BCUT2D eigenvalue weighted by molar-refractivity contribution is -0.116. The van der Waals surface area contributed by atoms with Gasteiger partial charge in [-0.15, -0.1) is 12.4 Å². The molecule has 0 aromatic heterocycles. The lowest BCUT2D eigenvalue weighted by Gasteiger charge is -2.12. The fourth-order valence-electron chi connectivity index (χ4n) is 2.46. The minimum atomic E-state index is 0. The molecule has 0 heterocycles. The third kappa shape index (κ3) is 7.59. The fraction of sp³-hybridized carbons (Fsp3) is 0.350. The zero-order valence-corrected chi connectivity index (χ0v) is 15.5. The molecular formula is C20H27ClN2O2. The van der Waals surface area contributed by atoms with Crippen LogP contribution in [0.2, 0.25) is 0 Å². The molecule has 3 N–H and O–H groups in total. The monoisotopic (exact) mass is 362 g/mol. The van der Waals surface area contributed by atoms with E-state index in [1.807, 2.05) is 55.5 Å². The van der Waals surface area contributed by atoms with Crippen LogP contribution in [0.15, 0.2) is 48.5 Å². The van der Waals surface area contributed by atoms with E-state index in [1.165, 1.54) is 0 Å². The Balaban J connectivity index is 0.00000312. The van der Waals surface area contributed by atoms with E-state index in [0.29, 0.717) is 17.9 Å². The number of aryl methyl sites for hydroxylation is 1. The third-order valence-electron chi connectivity index (χ3n) is 3.74. The number of carbonyl (C=O) groups is 1. The first kappa shape index (κ1) is 21.0. The Bertz CT molecular complexity index is 662. The van der Waals surface area contributed by atoms with Gasteiger partial charge in [0.2, 0.25) is 5.91 Å². The van der Waals surface area contributed by atoms with Crippen molar-refractivity contribution in [2.75, 3.05) is 11.9 Å². The highest BCUT2D eigenvalue weighted by molar-refractivity contribution is 5.92. The SMILES string of the molecule is Cc1cccc(Oc2ccccc2NC(=O)CCCCCCN)c1.Cl. The molecule has 2 aromatic rings. The molecule has 25 heavy (non-hydrogen) atoms. The van der Waals surface area contributed by atoms with Crippen molar-refractivity contribution in [3.8, 4) is 11.5 Å². The molecule has 5 heteroatoms. The van der Waals surface area contributed by atoms with Crippen molar-refractivity contribution in [3.63, 3.8) is 0 Å². The number of carbonyl (C=O) groups excluding carboxylic acids is 1. The molecule has 0 spiro atoms. The molecule has 0 unspecified atom stereocenters. The molecule has 0 radical (unpaired) electrons. The second kappa shape index (κ2) is 11.5. The number of benzene rings is 2. The van der Waals surface area contributed by atoms with E-state index in [4.69, 9.17) is 10.5 Å². The van der Waals surface area contributed by atoms with Gasteiger partial charge in [-0.05, 0) is 56.1 Å². The molecule has 1 amide bonds. The lowest BCUT2D eigenvalue weighted by atomic mass is 10.1. The number of halogens is 1. The second-order valence-electron chi connectivity index (χ2n) is 5.92. The van der Waals surface area contributed by atoms with Gasteiger partial charge in [-0.3, -0.25) is 4.79 Å². The molecule has 0 saturated heterocycles. The summed E-state index contributed by atoms with van der Waals surface area (Å²) in [4.78, 5) is 12.1. The van der Waals surface area contributed by atoms with Crippen molar-refractivity contribution >= 4 is 24.0 Å². The van der Waals surface area contributed by atoms with E-state index in [0.717, 1.165) is 43.5 Å². The molecule has 0 bridgehead atoms. The average molecular weight is 363 g/mol. The van der Waals surface area contributed by atoms with Crippen LogP contribution in [0.1, 0.15) is 37.7 Å². The van der Waals surface area contributed by atoms with Crippen molar-refractivity contribution in [1.82, 2.24) is 0 Å². The molecule has 0 aliphatic rings. The summed E-state index contributed by atoms with van der Waals surface area (Å²) >= 11 is 0. The Morgan fingerprint density at radius 2 is 1.80 bits per heavy atom. The first-order valence-electron chi connectivity index (χ1n) is 8.52. The second-order valence-corrected chi connectivity index (χ2v) is 5.92. The van der Waals surface area contributed by atoms with Gasteiger partial charge in [0.15, 0.2) is 5.75 Å². The number of ether oxygens (including phenoxy) is 1. The van der Waals surface area contributed by atoms with E-state index in [1.54, 1.807) is 0 Å². The summed E-state index contributed by atoms with van der Waals surface area (Å²) in [5.41, 5.74) is 7.30. The van der Waals surface area contributed by atoms with E-state index in [-0.39, 0.29) is 18.3 Å². The van der Waals surface area contributed by atoms with Crippen LogP contribution in [0, 0.1) is 6.92 Å². The molecule has 136 valence electrons. The number of anilines is 1. The van der Waals surface area contributed by atoms with Crippen molar-refractivity contribution in [3.05, 3.63) is 54.1 Å². The number of nitrogens with one attached hydrogen (secondary N) is 1. The van der Waals surface area contributed by atoms with Gasteiger partial charge in [0.05, 0.1) is 5.69 Å². The van der Waals surface area contributed by atoms with Gasteiger partial charge in [0.25, 0.3) is 0 Å². The highest BCUT2D eigenvalue weighted by atomic mass is 35.5. The zero-order chi connectivity index (χ0) is 17.2. The van der Waals surface area contributed by atoms with Crippen molar-refractivity contribution < 1.29 is 9.53 Å². The van der Waals surface area contributed by atoms with Gasteiger partial charge in [0, 0.05) is 6.42 Å². The van der Waals surface area contributed by atoms with E-state index in [9.17, 15) is 4.79 Å². The van der Waals surface area contributed by atoms with Crippen LogP contribution in [0.25, 0.3) is 0 Å². The highest BCUT2D eigenvalue weighted by Crippen LogP contribution is 2.29. The topological polar surface area (TPSA) is 64.3 Å². The minimum Gasteiger partial charge on any atom is -0.455 e. The normalized spacial score (nSPS) is 10.0. The molecule has 4 nitrogen and oxygen atoms in total. The molecule has 0 fully saturated rings. The largest absolute Gasteiger partial charge is 0.455 e. The summed E-state index contributed by atoms with van der Waals surface area (Å²) in [7, 11) is 0. The van der Waals surface area contributed by atoms with Gasteiger partial charge < -0.3 is 15.8 Å². The number of para-hydroxylation sites is 2. The molecule has 0 aliphatic carbocycles. The predicted molar refractivity (Wildman–Crippen MR) is 106 cm³/mol. The summed E-state index contributed by atoms with van der Waals surface area (Å²) < 4.78 is 5.92. The quantitative estimate of drug-likeness (QED) is 0.613. The van der Waals surface area contributed by atoms with Crippen LogP contribution >= 0.6 is 12.4 Å². The van der Waals surface area contributed by atoms with Gasteiger partial charge >= 0.3 is 0 Å². The maximum atomic E-state index is 12.1. The number of hydrogen-bond acceptors (Lipinski definition) is 3. The Hall–Kier alpha value is -2.04. The molecule has 0 aliphatic heterocycles. The summed E-state index contributed by atoms with van der Waals surface area (Å²) in [6.45, 7) is 2.74. The standard InChI is InChI=1S/C20H26N2O2.ClH/c1-16-9-8-10-17(15-16)24-19-12-6-5-11-18(19)22-20(23)13-4-2-3-7-14-21;/h5-6,8-12,15H,2-4,7,13-14,21H2,1H3,(H,22,23);1H. The highest BCUT2D eigenvalue weighted by Gasteiger charge is 2.08. The number of nitrogens with two attached hydrogens (primary N) is 1. The molecule has 2 rings (SSSR count). The third-order valence-corrected chi connectivity index (χ3v) is 3.74. The van der Waals surface area contributed by atoms with Crippen LogP contribution in [0.5, 0.6) is 11.5 Å². The first-order valence-corrected chi connectivity index (χ1v) is 8.52. The minimum absolute atomic E-state index is 0. The predicted octanol–water partition coefficient (Wildman–Crippen LogP) is 5.06. The van der Waals surface area contributed by atoms with Gasteiger partial charge in [-0.25, -0.2) is 0 Å². The van der Waals surface area contributed by atoms with Crippen LogP contribution in [-0.4, -0.2) is 12.5 Å². The maximum Gasteiger partial charge on any atom is 0.224 e. The van der Waals surface area contributed by atoms with Crippen molar-refractivity contribution in [2.45, 2.75) is 39.0 Å². The average Bonchev–Trinajstić information content (AvgIpc) is 2.56. The molecular weight excluding hydrogens is 336 g/mol. The van der Waals surface area contributed by atoms with E-state index < -0.39 is 0 Å². The summed E-state index contributed by atoms with van der Waals surface area (Å²) in [6.07, 6.45) is 4.54. The lowest BCUT2D eigenvalue weighted by Crippen LogP contribution is -2.11. The Morgan fingerprint density at radius 1 is 1.04 bits per heavy atom. The number of rotatable bonds is 9. The van der Waals surface area contributed by atoms with Gasteiger partial charge in [-0.2, -0.15) is 0 Å². The molecule has 0 saturated carbocycles. The summed E-state index contributed by atoms with van der Waals surface area (Å²) in [5.74, 6) is 1.43. The van der Waals surface area contributed by atoms with E-state index >= 15 is 0 Å². The number of amides is 1. The Morgan fingerprint density at radius 3 is 2.56 bits per heavy atom. The smallest absolute Gasteiger partial charge is 0.224 e. The fourth-order valence-corrected chi connectivity index (χ4v) is 2.46. The van der Waals surface area contributed by atoms with Crippen molar-refractivity contribution in [1.29, 1.82) is 0 Å².